The third-order valence-corrected chi connectivity index (χ3v) is 4.46. The number of para-hydroxylation sites is 1. The van der Waals surface area contributed by atoms with Crippen LogP contribution >= 0.6 is 0 Å². The average molecular weight is 285 g/mol. The fraction of sp³-hybridized carbons (Fsp3) is 0.529. The van der Waals surface area contributed by atoms with Crippen molar-refractivity contribution in [2.24, 2.45) is 16.6 Å². The Morgan fingerprint density at radius 2 is 2.00 bits per heavy atom. The molecule has 0 aromatic heterocycles. The molecule has 0 bridgehead atoms. The minimum absolute atomic E-state index is 0.0858. The van der Waals surface area contributed by atoms with Crippen molar-refractivity contribution >= 4 is 17.3 Å². The van der Waals surface area contributed by atoms with Crippen LogP contribution in [0, 0.1) is 5.92 Å². The lowest BCUT2D eigenvalue weighted by Gasteiger charge is -2.24. The van der Waals surface area contributed by atoms with E-state index in [0.29, 0.717) is 12.5 Å². The highest BCUT2D eigenvalue weighted by Gasteiger charge is 2.32. The summed E-state index contributed by atoms with van der Waals surface area (Å²) in [4.78, 5) is 19.0. The van der Waals surface area contributed by atoms with E-state index in [1.807, 2.05) is 23.1 Å². The van der Waals surface area contributed by atoms with Gasteiger partial charge in [0.25, 0.3) is 5.91 Å². The lowest BCUT2D eigenvalue weighted by molar-refractivity contribution is -0.119. The topological polar surface area (TPSA) is 58.7 Å². The first-order valence-electron chi connectivity index (χ1n) is 7.96. The van der Waals surface area contributed by atoms with Crippen LogP contribution in [-0.2, 0) is 4.79 Å². The van der Waals surface area contributed by atoms with Crippen LogP contribution in [0.4, 0.5) is 5.69 Å². The molecule has 3 rings (SSSR count). The van der Waals surface area contributed by atoms with Gasteiger partial charge >= 0.3 is 0 Å². The van der Waals surface area contributed by atoms with Crippen LogP contribution in [0.5, 0.6) is 0 Å². The lowest BCUT2D eigenvalue weighted by atomic mass is 9.94. The van der Waals surface area contributed by atoms with Gasteiger partial charge in [-0.25, -0.2) is 0 Å². The Morgan fingerprint density at radius 1 is 1.29 bits per heavy atom. The van der Waals surface area contributed by atoms with Crippen molar-refractivity contribution in [3.05, 3.63) is 29.8 Å². The van der Waals surface area contributed by atoms with Gasteiger partial charge in [-0.2, -0.15) is 0 Å². The molecule has 1 fully saturated rings. The SMILES string of the molecule is CCCN1C(=O)C(N)N=C(C2CCCC2)c2ccccc21. The summed E-state index contributed by atoms with van der Waals surface area (Å²) in [6, 6.07) is 8.11. The van der Waals surface area contributed by atoms with Gasteiger partial charge in [-0.1, -0.05) is 38.0 Å². The molecule has 1 unspecified atom stereocenters. The predicted octanol–water partition coefficient (Wildman–Crippen LogP) is 2.71. The highest BCUT2D eigenvalue weighted by molar-refractivity contribution is 6.13. The number of benzene rings is 1. The second kappa shape index (κ2) is 5.98. The monoisotopic (exact) mass is 285 g/mol. The largest absolute Gasteiger partial charge is 0.309 e. The molecular weight excluding hydrogens is 262 g/mol. The smallest absolute Gasteiger partial charge is 0.266 e. The van der Waals surface area contributed by atoms with Crippen LogP contribution in [0.2, 0.25) is 0 Å². The van der Waals surface area contributed by atoms with Crippen LogP contribution in [0.25, 0.3) is 0 Å². The van der Waals surface area contributed by atoms with E-state index >= 15 is 0 Å². The van der Waals surface area contributed by atoms with Gasteiger partial charge < -0.3 is 10.6 Å². The summed E-state index contributed by atoms with van der Waals surface area (Å²) in [5.74, 6) is 0.365. The quantitative estimate of drug-likeness (QED) is 0.928. The van der Waals surface area contributed by atoms with E-state index in [2.05, 4.69) is 18.0 Å². The number of aliphatic imine (C=N–C) groups is 1. The zero-order valence-corrected chi connectivity index (χ0v) is 12.6. The molecule has 0 saturated heterocycles. The van der Waals surface area contributed by atoms with Crippen molar-refractivity contribution in [2.45, 2.75) is 45.2 Å². The van der Waals surface area contributed by atoms with E-state index in [4.69, 9.17) is 5.73 Å². The number of hydrogen-bond donors (Lipinski definition) is 1. The molecule has 1 aromatic rings. The van der Waals surface area contributed by atoms with Crippen LogP contribution in [0.15, 0.2) is 29.3 Å². The van der Waals surface area contributed by atoms with Gasteiger partial charge in [0.2, 0.25) is 0 Å². The van der Waals surface area contributed by atoms with Crippen LogP contribution < -0.4 is 10.6 Å². The normalized spacial score (nSPS) is 23.0. The number of rotatable bonds is 3. The standard InChI is InChI=1S/C17H23N3O/c1-2-11-20-14-10-6-5-9-13(14)15(12-7-3-4-8-12)19-16(18)17(20)21/h5-6,9-10,12,16H,2-4,7-8,11,18H2,1H3. The lowest BCUT2D eigenvalue weighted by Crippen LogP contribution is -2.42. The van der Waals surface area contributed by atoms with Crippen LogP contribution in [0.3, 0.4) is 0 Å². The fourth-order valence-electron chi connectivity index (χ4n) is 3.46. The molecule has 1 aromatic carbocycles. The molecule has 0 spiro atoms. The molecule has 1 atom stereocenters. The Bertz CT molecular complexity index is 561. The van der Waals surface area contributed by atoms with Crippen molar-refractivity contribution in [3.8, 4) is 0 Å². The minimum Gasteiger partial charge on any atom is -0.309 e. The maximum Gasteiger partial charge on any atom is 0.266 e. The number of nitrogens with two attached hydrogens (primary N) is 1. The molecule has 21 heavy (non-hydrogen) atoms. The predicted molar refractivity (Wildman–Crippen MR) is 85.6 cm³/mol. The average Bonchev–Trinajstić information content (AvgIpc) is 3.00. The van der Waals surface area contributed by atoms with E-state index in [1.165, 1.54) is 12.8 Å². The van der Waals surface area contributed by atoms with E-state index in [9.17, 15) is 4.79 Å². The molecule has 112 valence electrons. The van der Waals surface area contributed by atoms with Gasteiger partial charge in [0.1, 0.15) is 0 Å². The molecule has 0 radical (unpaired) electrons. The summed E-state index contributed by atoms with van der Waals surface area (Å²) in [7, 11) is 0. The highest BCUT2D eigenvalue weighted by atomic mass is 16.2. The van der Waals surface area contributed by atoms with Crippen LogP contribution in [-0.4, -0.2) is 24.3 Å². The van der Waals surface area contributed by atoms with Gasteiger partial charge in [0.15, 0.2) is 6.17 Å². The summed E-state index contributed by atoms with van der Waals surface area (Å²) in [5.41, 5.74) is 9.17. The molecule has 4 nitrogen and oxygen atoms in total. The Morgan fingerprint density at radius 3 is 2.71 bits per heavy atom. The molecule has 1 aliphatic heterocycles. The summed E-state index contributed by atoms with van der Waals surface area (Å²) in [5, 5.41) is 0. The van der Waals surface area contributed by atoms with Gasteiger partial charge in [-0.15, -0.1) is 0 Å². The molecule has 4 heteroatoms. The van der Waals surface area contributed by atoms with Gasteiger partial charge in [-0.05, 0) is 25.3 Å². The maximum atomic E-state index is 12.6. The van der Waals surface area contributed by atoms with Crippen molar-refractivity contribution in [2.75, 3.05) is 11.4 Å². The van der Waals surface area contributed by atoms with E-state index in [-0.39, 0.29) is 5.91 Å². The number of amides is 1. The number of fused-ring (bicyclic) bond motifs is 1. The first kappa shape index (κ1) is 14.3. The third kappa shape index (κ3) is 2.60. The number of carbonyl (C=O) groups is 1. The molecule has 1 amide bonds. The summed E-state index contributed by atoms with van der Waals surface area (Å²) >= 11 is 0. The third-order valence-electron chi connectivity index (χ3n) is 4.46. The van der Waals surface area contributed by atoms with Gasteiger partial charge in [0.05, 0.1) is 5.69 Å². The number of carbonyl (C=O) groups excluding carboxylic acids is 1. The maximum absolute atomic E-state index is 12.6. The van der Waals surface area contributed by atoms with Crippen molar-refractivity contribution in [3.63, 3.8) is 0 Å². The first-order valence-corrected chi connectivity index (χ1v) is 7.96. The zero-order chi connectivity index (χ0) is 14.8. The summed E-state index contributed by atoms with van der Waals surface area (Å²) in [6.07, 6.45) is 4.94. The molecule has 1 aliphatic carbocycles. The molecule has 1 heterocycles. The van der Waals surface area contributed by atoms with E-state index in [1.54, 1.807) is 0 Å². The second-order valence-corrected chi connectivity index (χ2v) is 5.95. The Labute approximate surface area is 126 Å². The van der Waals surface area contributed by atoms with E-state index in [0.717, 1.165) is 36.2 Å². The van der Waals surface area contributed by atoms with Crippen molar-refractivity contribution in [1.82, 2.24) is 0 Å². The first-order chi connectivity index (χ1) is 10.2. The molecule has 2 aliphatic rings. The Kier molecular flexibility index (Phi) is 4.06. The number of anilines is 1. The van der Waals surface area contributed by atoms with E-state index < -0.39 is 6.17 Å². The van der Waals surface area contributed by atoms with Crippen molar-refractivity contribution in [1.29, 1.82) is 0 Å². The zero-order valence-electron chi connectivity index (χ0n) is 12.6. The Hall–Kier alpha value is -1.68. The molecule has 2 N–H and O–H groups in total. The second-order valence-electron chi connectivity index (χ2n) is 5.95. The van der Waals surface area contributed by atoms with Gasteiger partial charge in [-0.3, -0.25) is 9.79 Å². The van der Waals surface area contributed by atoms with Crippen LogP contribution in [0.1, 0.15) is 44.6 Å². The number of benzodiazepines with no additional fused rings is 1. The molecular formula is C17H23N3O. The summed E-state index contributed by atoms with van der Waals surface area (Å²) < 4.78 is 0. The number of nitrogens with zero attached hydrogens (tertiary/aromatic N) is 2. The number of hydrogen-bond acceptors (Lipinski definition) is 3. The van der Waals surface area contributed by atoms with Gasteiger partial charge in [0, 0.05) is 23.7 Å². The van der Waals surface area contributed by atoms with Crippen molar-refractivity contribution < 1.29 is 4.79 Å². The Balaban J connectivity index is 2.09. The minimum atomic E-state index is -0.764. The highest BCUT2D eigenvalue weighted by Crippen LogP contribution is 2.34. The molecule has 1 saturated carbocycles. The summed E-state index contributed by atoms with van der Waals surface area (Å²) in [6.45, 7) is 2.77. The fourth-order valence-corrected chi connectivity index (χ4v) is 3.46.